The number of piperidine rings is 1. The van der Waals surface area contributed by atoms with Crippen molar-refractivity contribution in [1.82, 2.24) is 15.0 Å². The summed E-state index contributed by atoms with van der Waals surface area (Å²) in [6, 6.07) is 9.15. The van der Waals surface area contributed by atoms with Crippen LogP contribution in [0.4, 0.5) is 0 Å². The van der Waals surface area contributed by atoms with Gasteiger partial charge in [-0.2, -0.15) is 10.2 Å². The Kier molecular flexibility index (Phi) is 4.70. The first-order valence-electron chi connectivity index (χ1n) is 9.41. The van der Waals surface area contributed by atoms with E-state index in [0.717, 1.165) is 57.1 Å². The molecule has 1 saturated heterocycles. The Morgan fingerprint density at radius 1 is 1.19 bits per heavy atom. The van der Waals surface area contributed by atoms with Crippen molar-refractivity contribution in [1.29, 1.82) is 5.26 Å². The van der Waals surface area contributed by atoms with Crippen LogP contribution in [0, 0.1) is 17.2 Å². The van der Waals surface area contributed by atoms with Gasteiger partial charge in [0.15, 0.2) is 0 Å². The molecule has 1 aliphatic heterocycles. The fourth-order valence-corrected chi connectivity index (χ4v) is 4.07. The van der Waals surface area contributed by atoms with E-state index in [-0.39, 0.29) is 17.9 Å². The molecule has 134 valence electrons. The van der Waals surface area contributed by atoms with Crippen LogP contribution in [0.2, 0.25) is 0 Å². The molecule has 1 aromatic heterocycles. The molecule has 2 heterocycles. The van der Waals surface area contributed by atoms with Crippen molar-refractivity contribution in [3.8, 4) is 17.5 Å². The average Bonchev–Trinajstić information content (AvgIpc) is 3.39. The van der Waals surface area contributed by atoms with Crippen LogP contribution in [-0.4, -0.2) is 27.5 Å². The van der Waals surface area contributed by atoms with Crippen LogP contribution in [0.1, 0.15) is 62.4 Å². The Bertz CT molecular complexity index is 832. The molecule has 4 rings (SSSR count). The van der Waals surface area contributed by atoms with Gasteiger partial charge in [-0.15, -0.1) is 0 Å². The predicted octanol–water partition coefficient (Wildman–Crippen LogP) is 3.85. The highest BCUT2D eigenvalue weighted by atomic mass is 16.5. The number of nitriles is 1. The van der Waals surface area contributed by atoms with Gasteiger partial charge in [0.2, 0.25) is 17.6 Å². The second-order valence-corrected chi connectivity index (χ2v) is 7.17. The van der Waals surface area contributed by atoms with Gasteiger partial charge in [0, 0.05) is 18.0 Å². The molecule has 0 spiro atoms. The molecule has 2 aromatic rings. The van der Waals surface area contributed by atoms with Crippen molar-refractivity contribution in [2.45, 2.75) is 51.0 Å². The number of hydrogen-bond donors (Lipinski definition) is 0. The summed E-state index contributed by atoms with van der Waals surface area (Å²) in [5.74, 6) is 1.38. The molecule has 6 nitrogen and oxygen atoms in total. The Morgan fingerprint density at radius 2 is 2.00 bits per heavy atom. The molecule has 2 fully saturated rings. The van der Waals surface area contributed by atoms with Crippen LogP contribution in [0.3, 0.4) is 0 Å². The maximum absolute atomic E-state index is 12.9. The van der Waals surface area contributed by atoms with Crippen LogP contribution in [0.15, 0.2) is 28.8 Å². The number of hydrogen-bond acceptors (Lipinski definition) is 5. The van der Waals surface area contributed by atoms with Gasteiger partial charge in [0.05, 0.1) is 11.6 Å². The number of benzene rings is 1. The van der Waals surface area contributed by atoms with Gasteiger partial charge in [-0.25, -0.2) is 0 Å². The second kappa shape index (κ2) is 7.28. The van der Waals surface area contributed by atoms with Crippen molar-refractivity contribution in [3.63, 3.8) is 0 Å². The fourth-order valence-electron chi connectivity index (χ4n) is 4.07. The smallest absolute Gasteiger partial charge is 0.249 e. The lowest BCUT2D eigenvalue weighted by Gasteiger charge is -2.35. The van der Waals surface area contributed by atoms with Gasteiger partial charge >= 0.3 is 0 Å². The molecule has 1 atom stereocenters. The summed E-state index contributed by atoms with van der Waals surface area (Å²) in [4.78, 5) is 19.5. The molecule has 2 aliphatic rings. The standard InChI is InChI=1S/C20H22N4O2/c21-13-14-6-5-9-16(12-14)18-22-19(26-23-18)17-10-3-4-11-24(17)20(25)15-7-1-2-8-15/h5-6,9,12,15,17H,1-4,7-8,10-11H2. The molecule has 26 heavy (non-hydrogen) atoms. The monoisotopic (exact) mass is 350 g/mol. The second-order valence-electron chi connectivity index (χ2n) is 7.17. The lowest BCUT2D eigenvalue weighted by molar-refractivity contribution is -0.140. The summed E-state index contributed by atoms with van der Waals surface area (Å²) in [6.45, 7) is 0.766. The van der Waals surface area contributed by atoms with E-state index in [1.807, 2.05) is 11.0 Å². The fraction of sp³-hybridized carbons (Fsp3) is 0.500. The summed E-state index contributed by atoms with van der Waals surface area (Å²) in [7, 11) is 0. The van der Waals surface area contributed by atoms with E-state index in [1.165, 1.54) is 0 Å². The lowest BCUT2D eigenvalue weighted by Crippen LogP contribution is -2.41. The minimum atomic E-state index is -0.128. The van der Waals surface area contributed by atoms with Gasteiger partial charge in [-0.05, 0) is 44.2 Å². The molecule has 6 heteroatoms. The zero-order valence-electron chi connectivity index (χ0n) is 14.7. The summed E-state index contributed by atoms with van der Waals surface area (Å²) in [5, 5.41) is 13.2. The van der Waals surface area contributed by atoms with Crippen molar-refractivity contribution < 1.29 is 9.32 Å². The van der Waals surface area contributed by atoms with Gasteiger partial charge in [-0.1, -0.05) is 30.1 Å². The molecular weight excluding hydrogens is 328 g/mol. The average molecular weight is 350 g/mol. The van der Waals surface area contributed by atoms with E-state index < -0.39 is 0 Å². The molecule has 1 aromatic carbocycles. The number of likely N-dealkylation sites (tertiary alicyclic amines) is 1. The lowest BCUT2D eigenvalue weighted by atomic mass is 9.98. The summed E-state index contributed by atoms with van der Waals surface area (Å²) < 4.78 is 5.54. The largest absolute Gasteiger partial charge is 0.337 e. The van der Waals surface area contributed by atoms with Crippen molar-refractivity contribution in [2.24, 2.45) is 5.92 Å². The zero-order chi connectivity index (χ0) is 17.9. The number of carbonyl (C=O) groups is 1. The van der Waals surface area contributed by atoms with E-state index in [2.05, 4.69) is 16.2 Å². The molecule has 1 amide bonds. The molecule has 1 unspecified atom stereocenters. The van der Waals surface area contributed by atoms with Crippen LogP contribution in [0.25, 0.3) is 11.4 Å². The number of aromatic nitrogens is 2. The Labute approximate surface area is 152 Å². The molecule has 0 bridgehead atoms. The molecule has 0 radical (unpaired) electrons. The predicted molar refractivity (Wildman–Crippen MR) is 94.7 cm³/mol. The number of carbonyl (C=O) groups excluding carboxylic acids is 1. The normalized spacial score (nSPS) is 20.9. The third-order valence-corrected chi connectivity index (χ3v) is 5.47. The first kappa shape index (κ1) is 16.8. The topological polar surface area (TPSA) is 83.0 Å². The highest BCUT2D eigenvalue weighted by Crippen LogP contribution is 2.35. The van der Waals surface area contributed by atoms with Crippen molar-refractivity contribution >= 4 is 5.91 Å². The molecule has 0 N–H and O–H groups in total. The molecular formula is C20H22N4O2. The van der Waals surface area contributed by atoms with Crippen LogP contribution in [0.5, 0.6) is 0 Å². The minimum Gasteiger partial charge on any atom is -0.337 e. The Hall–Kier alpha value is -2.68. The first-order valence-corrected chi connectivity index (χ1v) is 9.41. The quantitative estimate of drug-likeness (QED) is 0.839. The molecule has 1 aliphatic carbocycles. The maximum atomic E-state index is 12.9. The number of rotatable bonds is 3. The van der Waals surface area contributed by atoms with E-state index in [9.17, 15) is 4.79 Å². The van der Waals surface area contributed by atoms with Crippen molar-refractivity contribution in [2.75, 3.05) is 6.54 Å². The first-order chi connectivity index (χ1) is 12.8. The van der Waals surface area contributed by atoms with E-state index in [1.54, 1.807) is 18.2 Å². The van der Waals surface area contributed by atoms with Crippen LogP contribution in [-0.2, 0) is 4.79 Å². The molecule has 1 saturated carbocycles. The SMILES string of the molecule is N#Cc1cccc(-c2noc(C3CCCCN3C(=O)C3CCCC3)n2)c1. The van der Waals surface area contributed by atoms with Crippen LogP contribution >= 0.6 is 0 Å². The maximum Gasteiger partial charge on any atom is 0.249 e. The third-order valence-electron chi connectivity index (χ3n) is 5.47. The number of amides is 1. The van der Waals surface area contributed by atoms with E-state index in [4.69, 9.17) is 9.78 Å². The van der Waals surface area contributed by atoms with E-state index >= 15 is 0 Å². The Morgan fingerprint density at radius 3 is 2.81 bits per heavy atom. The summed E-state index contributed by atoms with van der Waals surface area (Å²) >= 11 is 0. The highest BCUT2D eigenvalue weighted by Gasteiger charge is 2.36. The highest BCUT2D eigenvalue weighted by molar-refractivity contribution is 5.79. The van der Waals surface area contributed by atoms with Gasteiger partial charge in [0.25, 0.3) is 0 Å². The van der Waals surface area contributed by atoms with Gasteiger partial charge < -0.3 is 9.42 Å². The van der Waals surface area contributed by atoms with Crippen molar-refractivity contribution in [3.05, 3.63) is 35.7 Å². The summed E-state index contributed by atoms with van der Waals surface area (Å²) in [5.41, 5.74) is 1.31. The van der Waals surface area contributed by atoms with Crippen LogP contribution < -0.4 is 0 Å². The Balaban J connectivity index is 1.58. The minimum absolute atomic E-state index is 0.128. The van der Waals surface area contributed by atoms with Gasteiger partial charge in [-0.3, -0.25) is 4.79 Å². The van der Waals surface area contributed by atoms with E-state index in [0.29, 0.717) is 17.3 Å². The van der Waals surface area contributed by atoms with Gasteiger partial charge in [0.1, 0.15) is 6.04 Å². The third kappa shape index (κ3) is 3.22. The zero-order valence-corrected chi connectivity index (χ0v) is 14.7. The number of nitrogens with zero attached hydrogens (tertiary/aromatic N) is 4. The summed E-state index contributed by atoms with van der Waals surface area (Å²) in [6.07, 6.45) is 7.24.